The molecule has 0 amide bonds. The van der Waals surface area contributed by atoms with Gasteiger partial charge in [-0.25, -0.2) is 4.98 Å². The third-order valence-electron chi connectivity index (χ3n) is 2.96. The summed E-state index contributed by atoms with van der Waals surface area (Å²) in [5, 5.41) is 3.13. The highest BCUT2D eigenvalue weighted by Crippen LogP contribution is 2.27. The first-order valence-corrected chi connectivity index (χ1v) is 5.92. The Balaban J connectivity index is 2.14. The van der Waals surface area contributed by atoms with Crippen LogP contribution in [0.5, 0.6) is 5.88 Å². The van der Waals surface area contributed by atoms with Crippen LogP contribution in [0.4, 0.5) is 0 Å². The molecule has 1 aliphatic carbocycles. The number of fused-ring (bicyclic) bond motifs is 1. The maximum absolute atomic E-state index is 5.34. The van der Waals surface area contributed by atoms with E-state index in [4.69, 9.17) is 4.74 Å². The summed E-state index contributed by atoms with van der Waals surface area (Å²) in [6.07, 6.45) is 5.31. The Morgan fingerprint density at radius 2 is 2.19 bits per heavy atom. The van der Waals surface area contributed by atoms with E-state index in [0.29, 0.717) is 0 Å². The molecule has 0 saturated carbocycles. The van der Waals surface area contributed by atoms with Crippen molar-refractivity contribution in [3.8, 4) is 5.88 Å². The van der Waals surface area contributed by atoms with Gasteiger partial charge in [-0.2, -0.15) is 4.98 Å². The smallest absolute Gasteiger partial charge is 0.219 e. The summed E-state index contributed by atoms with van der Waals surface area (Å²) < 4.78 is 5.34. The summed E-state index contributed by atoms with van der Waals surface area (Å²) >= 11 is 0. The fourth-order valence-corrected chi connectivity index (χ4v) is 2.15. The summed E-state index contributed by atoms with van der Waals surface area (Å²) in [4.78, 5) is 9.09. The van der Waals surface area contributed by atoms with Gasteiger partial charge < -0.3 is 10.1 Å². The summed E-state index contributed by atoms with van der Waals surface area (Å²) in [5.41, 5.74) is 2.42. The second-order valence-electron chi connectivity index (χ2n) is 4.14. The van der Waals surface area contributed by atoms with Gasteiger partial charge in [0.2, 0.25) is 5.88 Å². The van der Waals surface area contributed by atoms with Crippen molar-refractivity contribution in [2.24, 2.45) is 0 Å². The maximum Gasteiger partial charge on any atom is 0.219 e. The fraction of sp³-hybridized carbons (Fsp3) is 0.667. The minimum atomic E-state index is 0.793. The van der Waals surface area contributed by atoms with E-state index >= 15 is 0 Å². The minimum absolute atomic E-state index is 0.793. The van der Waals surface area contributed by atoms with Crippen molar-refractivity contribution >= 4 is 0 Å². The minimum Gasteiger partial charge on any atom is -0.481 e. The van der Waals surface area contributed by atoms with Crippen LogP contribution in [-0.4, -0.2) is 30.7 Å². The molecule has 16 heavy (non-hydrogen) atoms. The van der Waals surface area contributed by atoms with Gasteiger partial charge in [-0.3, -0.25) is 0 Å². The van der Waals surface area contributed by atoms with Crippen LogP contribution >= 0.6 is 0 Å². The number of ether oxygens (including phenoxy) is 1. The van der Waals surface area contributed by atoms with E-state index < -0.39 is 0 Å². The van der Waals surface area contributed by atoms with E-state index in [1.807, 2.05) is 7.05 Å². The van der Waals surface area contributed by atoms with Gasteiger partial charge in [-0.1, -0.05) is 0 Å². The molecule has 1 aliphatic rings. The Labute approximate surface area is 96.4 Å². The van der Waals surface area contributed by atoms with Crippen molar-refractivity contribution in [2.45, 2.75) is 32.1 Å². The van der Waals surface area contributed by atoms with Crippen LogP contribution in [0.25, 0.3) is 0 Å². The predicted octanol–water partition coefficient (Wildman–Crippen LogP) is 1.13. The molecule has 1 heterocycles. The highest BCUT2D eigenvalue weighted by atomic mass is 16.5. The Hall–Kier alpha value is -1.16. The zero-order chi connectivity index (χ0) is 11.4. The molecule has 0 radical (unpaired) electrons. The van der Waals surface area contributed by atoms with E-state index in [0.717, 1.165) is 43.9 Å². The molecule has 0 unspecified atom stereocenters. The second kappa shape index (κ2) is 5.25. The molecule has 4 heteroatoms. The normalized spacial score (nSPS) is 13.9. The molecule has 88 valence electrons. The highest BCUT2D eigenvalue weighted by molar-refractivity contribution is 5.34. The summed E-state index contributed by atoms with van der Waals surface area (Å²) in [5.74, 6) is 1.72. The number of aryl methyl sites for hydroxylation is 2. The molecule has 0 aliphatic heterocycles. The Morgan fingerprint density at radius 1 is 1.31 bits per heavy atom. The molecule has 1 aromatic rings. The second-order valence-corrected chi connectivity index (χ2v) is 4.14. The zero-order valence-electron chi connectivity index (χ0n) is 10.0. The van der Waals surface area contributed by atoms with Crippen LogP contribution in [0.2, 0.25) is 0 Å². The summed E-state index contributed by atoms with van der Waals surface area (Å²) in [6.45, 7) is 1.00. The molecular formula is C12H19N3O. The van der Waals surface area contributed by atoms with E-state index in [9.17, 15) is 0 Å². The molecule has 0 atom stereocenters. The average Bonchev–Trinajstić information content (AvgIpc) is 2.76. The Bertz CT molecular complexity index is 366. The van der Waals surface area contributed by atoms with Crippen LogP contribution < -0.4 is 10.1 Å². The fourth-order valence-electron chi connectivity index (χ4n) is 2.15. The lowest BCUT2D eigenvalue weighted by atomic mass is 10.2. The molecule has 4 nitrogen and oxygen atoms in total. The first-order chi connectivity index (χ1) is 7.85. The van der Waals surface area contributed by atoms with E-state index in [1.54, 1.807) is 7.11 Å². The molecule has 1 N–H and O–H groups in total. The first-order valence-electron chi connectivity index (χ1n) is 5.92. The molecular weight excluding hydrogens is 202 g/mol. The van der Waals surface area contributed by atoms with Crippen LogP contribution in [0.15, 0.2) is 0 Å². The molecule has 1 aromatic heterocycles. The van der Waals surface area contributed by atoms with Crippen molar-refractivity contribution in [1.82, 2.24) is 15.3 Å². The van der Waals surface area contributed by atoms with E-state index in [2.05, 4.69) is 15.3 Å². The van der Waals surface area contributed by atoms with Gasteiger partial charge in [0.1, 0.15) is 5.82 Å². The van der Waals surface area contributed by atoms with Crippen LogP contribution in [-0.2, 0) is 19.3 Å². The number of aromatic nitrogens is 2. The van der Waals surface area contributed by atoms with Gasteiger partial charge in [-0.15, -0.1) is 0 Å². The largest absolute Gasteiger partial charge is 0.481 e. The number of hydrogen-bond acceptors (Lipinski definition) is 4. The van der Waals surface area contributed by atoms with E-state index in [1.165, 1.54) is 17.7 Å². The van der Waals surface area contributed by atoms with Gasteiger partial charge in [0.25, 0.3) is 0 Å². The van der Waals surface area contributed by atoms with Crippen LogP contribution in [0, 0.1) is 0 Å². The number of hydrogen-bond donors (Lipinski definition) is 1. The third kappa shape index (κ3) is 2.32. The van der Waals surface area contributed by atoms with Gasteiger partial charge in [0.05, 0.1) is 12.8 Å². The molecule has 0 saturated heterocycles. The maximum atomic E-state index is 5.34. The lowest BCUT2D eigenvalue weighted by molar-refractivity contribution is 0.389. The molecule has 0 fully saturated rings. The summed E-state index contributed by atoms with van der Waals surface area (Å²) in [7, 11) is 3.66. The summed E-state index contributed by atoms with van der Waals surface area (Å²) in [6, 6.07) is 0. The SMILES string of the molecule is CNCCCc1nc2c(c(OC)n1)CCC2. The van der Waals surface area contributed by atoms with Gasteiger partial charge in [0.15, 0.2) is 0 Å². The van der Waals surface area contributed by atoms with Gasteiger partial charge >= 0.3 is 0 Å². The van der Waals surface area contributed by atoms with E-state index in [-0.39, 0.29) is 0 Å². The number of nitrogens with zero attached hydrogens (tertiary/aromatic N) is 2. The number of methoxy groups -OCH3 is 1. The van der Waals surface area contributed by atoms with Crippen molar-refractivity contribution in [3.63, 3.8) is 0 Å². The Morgan fingerprint density at radius 3 is 2.94 bits per heavy atom. The molecule has 0 aromatic carbocycles. The Kier molecular flexibility index (Phi) is 3.72. The monoisotopic (exact) mass is 221 g/mol. The number of rotatable bonds is 5. The standard InChI is InChI=1S/C12H19N3O/c1-13-8-4-7-11-14-10-6-3-5-9(10)12(15-11)16-2/h13H,3-8H2,1-2H3. The van der Waals surface area contributed by atoms with Crippen molar-refractivity contribution < 1.29 is 4.74 Å². The molecule has 0 spiro atoms. The topological polar surface area (TPSA) is 47.0 Å². The first kappa shape index (κ1) is 11.3. The quantitative estimate of drug-likeness (QED) is 0.757. The van der Waals surface area contributed by atoms with Gasteiger partial charge in [0, 0.05) is 12.0 Å². The third-order valence-corrected chi connectivity index (χ3v) is 2.96. The lowest BCUT2D eigenvalue weighted by Crippen LogP contribution is -2.10. The van der Waals surface area contributed by atoms with Crippen LogP contribution in [0.1, 0.15) is 29.9 Å². The molecule has 2 rings (SSSR count). The average molecular weight is 221 g/mol. The predicted molar refractivity (Wildman–Crippen MR) is 62.9 cm³/mol. The van der Waals surface area contributed by atoms with Crippen LogP contribution in [0.3, 0.4) is 0 Å². The van der Waals surface area contributed by atoms with Crippen molar-refractivity contribution in [2.75, 3.05) is 20.7 Å². The van der Waals surface area contributed by atoms with Crippen molar-refractivity contribution in [3.05, 3.63) is 17.1 Å². The van der Waals surface area contributed by atoms with Gasteiger partial charge in [-0.05, 0) is 39.3 Å². The highest BCUT2D eigenvalue weighted by Gasteiger charge is 2.19. The zero-order valence-corrected chi connectivity index (χ0v) is 10.0. The molecule has 0 bridgehead atoms. The number of nitrogens with one attached hydrogen (secondary N) is 1. The van der Waals surface area contributed by atoms with Crippen molar-refractivity contribution in [1.29, 1.82) is 0 Å². The lowest BCUT2D eigenvalue weighted by Gasteiger charge is -2.08.